The molecule has 5 nitrogen and oxygen atoms in total. The van der Waals surface area contributed by atoms with Gasteiger partial charge in [-0.05, 0) is 48.0 Å². The van der Waals surface area contributed by atoms with Crippen LogP contribution in [0.5, 0.6) is 11.5 Å². The predicted octanol–water partition coefficient (Wildman–Crippen LogP) is 3.16. The number of ether oxygens (including phenoxy) is 2. The highest BCUT2D eigenvalue weighted by Gasteiger charge is 2.05. The SMILES string of the molecule is C=CCOc1ccc(/C=N/NC(=O)c2ccc(F)cc2)cc1OC. The van der Waals surface area contributed by atoms with Crippen LogP contribution >= 0.6 is 0 Å². The van der Waals surface area contributed by atoms with Crippen molar-refractivity contribution in [3.63, 3.8) is 0 Å². The van der Waals surface area contributed by atoms with Gasteiger partial charge in [0.2, 0.25) is 0 Å². The van der Waals surface area contributed by atoms with Gasteiger partial charge in [-0.1, -0.05) is 12.7 Å². The minimum absolute atomic E-state index is 0.319. The van der Waals surface area contributed by atoms with E-state index >= 15 is 0 Å². The lowest BCUT2D eigenvalue weighted by atomic mass is 10.2. The molecule has 0 spiro atoms. The van der Waals surface area contributed by atoms with Crippen LogP contribution in [0.15, 0.2) is 60.2 Å². The Morgan fingerprint density at radius 3 is 2.67 bits per heavy atom. The Kier molecular flexibility index (Phi) is 6.08. The second-order valence-electron chi connectivity index (χ2n) is 4.72. The van der Waals surface area contributed by atoms with Crippen molar-refractivity contribution in [3.05, 3.63) is 72.1 Å². The van der Waals surface area contributed by atoms with Crippen LogP contribution in [0, 0.1) is 5.82 Å². The number of hydrogen-bond acceptors (Lipinski definition) is 4. The molecule has 0 saturated heterocycles. The topological polar surface area (TPSA) is 59.9 Å². The summed E-state index contributed by atoms with van der Waals surface area (Å²) in [5.41, 5.74) is 3.41. The van der Waals surface area contributed by atoms with Crippen LogP contribution in [0.1, 0.15) is 15.9 Å². The summed E-state index contributed by atoms with van der Waals surface area (Å²) in [6, 6.07) is 10.4. The molecule has 0 radical (unpaired) electrons. The average molecular weight is 328 g/mol. The largest absolute Gasteiger partial charge is 0.493 e. The summed E-state index contributed by atoms with van der Waals surface area (Å²) in [5.74, 6) is 0.306. The minimum atomic E-state index is -0.427. The molecular weight excluding hydrogens is 311 g/mol. The maximum Gasteiger partial charge on any atom is 0.271 e. The third kappa shape index (κ3) is 4.67. The Labute approximate surface area is 139 Å². The molecule has 0 bridgehead atoms. The summed E-state index contributed by atoms with van der Waals surface area (Å²) < 4.78 is 23.5. The van der Waals surface area contributed by atoms with E-state index in [-0.39, 0.29) is 0 Å². The van der Waals surface area contributed by atoms with Gasteiger partial charge in [0.1, 0.15) is 12.4 Å². The fourth-order valence-electron chi connectivity index (χ4n) is 1.86. The molecule has 0 fully saturated rings. The Hall–Kier alpha value is -3.15. The maximum absolute atomic E-state index is 12.8. The molecule has 1 amide bonds. The van der Waals surface area contributed by atoms with E-state index in [0.717, 1.165) is 5.56 Å². The van der Waals surface area contributed by atoms with Gasteiger partial charge < -0.3 is 9.47 Å². The highest BCUT2D eigenvalue weighted by atomic mass is 19.1. The molecule has 2 aromatic carbocycles. The van der Waals surface area contributed by atoms with Gasteiger partial charge in [0.05, 0.1) is 13.3 Å². The molecule has 0 aliphatic heterocycles. The van der Waals surface area contributed by atoms with Crippen molar-refractivity contribution in [1.29, 1.82) is 0 Å². The fourth-order valence-corrected chi connectivity index (χ4v) is 1.86. The number of hydrazone groups is 1. The molecule has 0 aliphatic rings. The van der Waals surface area contributed by atoms with E-state index < -0.39 is 11.7 Å². The molecule has 24 heavy (non-hydrogen) atoms. The predicted molar refractivity (Wildman–Crippen MR) is 90.1 cm³/mol. The zero-order valence-corrected chi connectivity index (χ0v) is 13.2. The molecule has 6 heteroatoms. The highest BCUT2D eigenvalue weighted by molar-refractivity contribution is 5.94. The Bertz CT molecular complexity index is 742. The molecule has 0 aromatic heterocycles. The van der Waals surface area contributed by atoms with Crippen molar-refractivity contribution in [2.24, 2.45) is 5.10 Å². The normalized spacial score (nSPS) is 10.4. The van der Waals surface area contributed by atoms with Gasteiger partial charge in [-0.3, -0.25) is 4.79 Å². The highest BCUT2D eigenvalue weighted by Crippen LogP contribution is 2.27. The Balaban J connectivity index is 2.02. The van der Waals surface area contributed by atoms with E-state index in [1.165, 1.54) is 37.6 Å². The molecular formula is C18H17FN2O3. The lowest BCUT2D eigenvalue weighted by Crippen LogP contribution is -2.17. The van der Waals surface area contributed by atoms with Gasteiger partial charge in [-0.15, -0.1) is 0 Å². The van der Waals surface area contributed by atoms with Gasteiger partial charge >= 0.3 is 0 Å². The number of methoxy groups -OCH3 is 1. The molecule has 1 N–H and O–H groups in total. The first kappa shape index (κ1) is 17.2. The van der Waals surface area contributed by atoms with E-state index in [9.17, 15) is 9.18 Å². The molecule has 2 rings (SSSR count). The Morgan fingerprint density at radius 1 is 1.25 bits per heavy atom. The van der Waals surface area contributed by atoms with Crippen molar-refractivity contribution in [2.75, 3.05) is 13.7 Å². The quantitative estimate of drug-likeness (QED) is 0.482. The molecule has 124 valence electrons. The molecule has 0 unspecified atom stereocenters. The summed E-state index contributed by atoms with van der Waals surface area (Å²) in [6.45, 7) is 3.96. The number of halogens is 1. The third-order valence-electron chi connectivity index (χ3n) is 3.03. The Morgan fingerprint density at radius 2 is 2.00 bits per heavy atom. The van der Waals surface area contributed by atoms with Crippen LogP contribution < -0.4 is 14.9 Å². The van der Waals surface area contributed by atoms with Crippen molar-refractivity contribution in [2.45, 2.75) is 0 Å². The van der Waals surface area contributed by atoms with Crippen molar-refractivity contribution in [1.82, 2.24) is 5.43 Å². The number of hydrogen-bond donors (Lipinski definition) is 1. The number of rotatable bonds is 7. The number of amides is 1. The average Bonchev–Trinajstić information content (AvgIpc) is 2.60. The van der Waals surface area contributed by atoms with Crippen LogP contribution in [0.2, 0.25) is 0 Å². The number of nitrogens with zero attached hydrogens (tertiary/aromatic N) is 1. The zero-order valence-electron chi connectivity index (χ0n) is 13.2. The first-order valence-electron chi connectivity index (χ1n) is 7.14. The van der Waals surface area contributed by atoms with Gasteiger partial charge in [-0.2, -0.15) is 5.10 Å². The monoisotopic (exact) mass is 328 g/mol. The summed E-state index contributed by atoms with van der Waals surface area (Å²) in [7, 11) is 1.54. The summed E-state index contributed by atoms with van der Waals surface area (Å²) in [6.07, 6.45) is 3.11. The van der Waals surface area contributed by atoms with Gasteiger partial charge in [0.25, 0.3) is 5.91 Å². The smallest absolute Gasteiger partial charge is 0.271 e. The second kappa shape index (κ2) is 8.47. The molecule has 2 aromatic rings. The van der Waals surface area contributed by atoms with E-state index in [2.05, 4.69) is 17.1 Å². The van der Waals surface area contributed by atoms with Crippen LogP contribution in [0.4, 0.5) is 4.39 Å². The summed E-state index contributed by atoms with van der Waals surface area (Å²) in [4.78, 5) is 11.8. The lowest BCUT2D eigenvalue weighted by Gasteiger charge is -2.09. The zero-order chi connectivity index (χ0) is 17.4. The second-order valence-corrected chi connectivity index (χ2v) is 4.72. The number of carbonyl (C=O) groups excluding carboxylic acids is 1. The van der Waals surface area contributed by atoms with E-state index in [1.807, 2.05) is 0 Å². The summed E-state index contributed by atoms with van der Waals surface area (Å²) in [5, 5.41) is 3.88. The van der Waals surface area contributed by atoms with Gasteiger partial charge in [0, 0.05) is 5.56 Å². The molecule has 0 atom stereocenters. The van der Waals surface area contributed by atoms with E-state index in [1.54, 1.807) is 24.3 Å². The van der Waals surface area contributed by atoms with Crippen LogP contribution in [-0.4, -0.2) is 25.8 Å². The van der Waals surface area contributed by atoms with Gasteiger partial charge in [-0.25, -0.2) is 9.82 Å². The van der Waals surface area contributed by atoms with E-state index in [0.29, 0.717) is 23.7 Å². The number of benzene rings is 2. The maximum atomic E-state index is 12.8. The fraction of sp³-hybridized carbons (Fsp3) is 0.111. The molecule has 0 aliphatic carbocycles. The first-order chi connectivity index (χ1) is 11.6. The first-order valence-corrected chi connectivity index (χ1v) is 7.14. The van der Waals surface area contributed by atoms with Gasteiger partial charge in [0.15, 0.2) is 11.5 Å². The number of nitrogens with one attached hydrogen (secondary N) is 1. The van der Waals surface area contributed by atoms with Crippen molar-refractivity contribution >= 4 is 12.1 Å². The number of carbonyl (C=O) groups is 1. The van der Waals surface area contributed by atoms with Crippen molar-refractivity contribution < 1.29 is 18.7 Å². The van der Waals surface area contributed by atoms with E-state index in [4.69, 9.17) is 9.47 Å². The summed E-state index contributed by atoms with van der Waals surface area (Å²) >= 11 is 0. The third-order valence-corrected chi connectivity index (χ3v) is 3.03. The minimum Gasteiger partial charge on any atom is -0.493 e. The lowest BCUT2D eigenvalue weighted by molar-refractivity contribution is 0.0955. The standard InChI is InChI=1S/C18H17FN2O3/c1-3-10-24-16-9-4-13(11-17(16)23-2)12-20-21-18(22)14-5-7-15(19)8-6-14/h3-9,11-12H,1,10H2,2H3,(H,21,22)/b20-12+. The van der Waals surface area contributed by atoms with Crippen LogP contribution in [0.3, 0.4) is 0 Å². The van der Waals surface area contributed by atoms with Crippen molar-refractivity contribution in [3.8, 4) is 11.5 Å². The van der Waals surface area contributed by atoms with Crippen LogP contribution in [-0.2, 0) is 0 Å². The molecule has 0 heterocycles. The molecule has 0 saturated carbocycles. The van der Waals surface area contributed by atoms with Crippen LogP contribution in [0.25, 0.3) is 0 Å².